The van der Waals surface area contributed by atoms with E-state index in [4.69, 9.17) is 0 Å². The van der Waals surface area contributed by atoms with E-state index in [-0.39, 0.29) is 0 Å². The minimum absolute atomic E-state index is 0.962. The van der Waals surface area contributed by atoms with E-state index in [1.807, 2.05) is 26.0 Å². The summed E-state index contributed by atoms with van der Waals surface area (Å²) in [6.07, 6.45) is 0. The van der Waals surface area contributed by atoms with Crippen LogP contribution in [0.5, 0.6) is 0 Å². The Bertz CT molecular complexity index is 389. The number of hydrogen-bond donors (Lipinski definition) is 1. The molecule has 0 atom stereocenters. The maximum atomic E-state index is 4.34. The van der Waals surface area contributed by atoms with Crippen molar-refractivity contribution in [1.29, 1.82) is 0 Å². The van der Waals surface area contributed by atoms with Gasteiger partial charge in [-0.3, -0.25) is 5.10 Å². The normalized spacial score (nSPS) is 10.7. The monoisotopic (exact) mass is 147 g/mol. The van der Waals surface area contributed by atoms with E-state index in [1.54, 1.807) is 0 Å². The Morgan fingerprint density at radius 2 is 2.09 bits per heavy atom. The van der Waals surface area contributed by atoms with Gasteiger partial charge in [0.15, 0.2) is 0 Å². The molecule has 0 aromatic carbocycles. The number of rotatable bonds is 0. The Labute approximate surface area is 64.5 Å². The largest absolute Gasteiger partial charge is 0.276 e. The summed E-state index contributed by atoms with van der Waals surface area (Å²) in [5, 5.41) is 6.95. The SMILES string of the molecule is Cc1ccc2[nH]nc(C)c2n1. The third-order valence-electron chi connectivity index (χ3n) is 1.72. The van der Waals surface area contributed by atoms with E-state index in [9.17, 15) is 0 Å². The Morgan fingerprint density at radius 3 is 2.91 bits per heavy atom. The molecule has 0 saturated heterocycles. The predicted molar refractivity (Wildman–Crippen MR) is 43.4 cm³/mol. The Hall–Kier alpha value is -1.38. The first-order valence-corrected chi connectivity index (χ1v) is 3.56. The lowest BCUT2D eigenvalue weighted by Crippen LogP contribution is -1.80. The van der Waals surface area contributed by atoms with Crippen LogP contribution in [-0.4, -0.2) is 15.2 Å². The van der Waals surface area contributed by atoms with Gasteiger partial charge in [0.05, 0.1) is 11.2 Å². The first kappa shape index (κ1) is 6.34. The van der Waals surface area contributed by atoms with Crippen LogP contribution >= 0.6 is 0 Å². The second kappa shape index (κ2) is 2.05. The average Bonchev–Trinajstić information content (AvgIpc) is 2.33. The number of H-pyrrole nitrogens is 1. The summed E-state index contributed by atoms with van der Waals surface area (Å²) >= 11 is 0. The molecule has 0 aliphatic carbocycles. The first-order chi connectivity index (χ1) is 5.27. The van der Waals surface area contributed by atoms with Crippen LogP contribution in [0, 0.1) is 13.8 Å². The molecule has 2 rings (SSSR count). The zero-order chi connectivity index (χ0) is 7.84. The van der Waals surface area contributed by atoms with Crippen LogP contribution in [-0.2, 0) is 0 Å². The fraction of sp³-hybridized carbons (Fsp3) is 0.250. The van der Waals surface area contributed by atoms with Gasteiger partial charge in [0, 0.05) is 5.69 Å². The highest BCUT2D eigenvalue weighted by Crippen LogP contribution is 2.11. The standard InChI is InChI=1S/C8H9N3/c1-5-3-4-7-8(9-5)6(2)10-11-7/h3-4H,1-2H3,(H,10,11). The minimum atomic E-state index is 0.962. The van der Waals surface area contributed by atoms with Gasteiger partial charge >= 0.3 is 0 Å². The molecule has 0 bridgehead atoms. The fourth-order valence-corrected chi connectivity index (χ4v) is 1.12. The molecule has 0 saturated carbocycles. The van der Waals surface area contributed by atoms with E-state index in [2.05, 4.69) is 15.2 Å². The quantitative estimate of drug-likeness (QED) is 0.614. The number of nitrogens with one attached hydrogen (secondary N) is 1. The minimum Gasteiger partial charge on any atom is -0.276 e. The predicted octanol–water partition coefficient (Wildman–Crippen LogP) is 1.57. The third-order valence-corrected chi connectivity index (χ3v) is 1.72. The Balaban J connectivity index is 2.87. The Kier molecular flexibility index (Phi) is 1.18. The van der Waals surface area contributed by atoms with Crippen molar-refractivity contribution >= 4 is 11.0 Å². The van der Waals surface area contributed by atoms with Crippen LogP contribution < -0.4 is 0 Å². The van der Waals surface area contributed by atoms with Crippen LogP contribution in [0.15, 0.2) is 12.1 Å². The summed E-state index contributed by atoms with van der Waals surface area (Å²) in [6, 6.07) is 3.97. The average molecular weight is 147 g/mol. The molecule has 56 valence electrons. The van der Waals surface area contributed by atoms with Crippen LogP contribution in [0.25, 0.3) is 11.0 Å². The zero-order valence-electron chi connectivity index (χ0n) is 6.55. The van der Waals surface area contributed by atoms with Gasteiger partial charge in [0.1, 0.15) is 5.52 Å². The van der Waals surface area contributed by atoms with Crippen LogP contribution in [0.2, 0.25) is 0 Å². The van der Waals surface area contributed by atoms with Gasteiger partial charge in [-0.2, -0.15) is 5.10 Å². The highest BCUT2D eigenvalue weighted by atomic mass is 15.1. The zero-order valence-corrected chi connectivity index (χ0v) is 6.55. The number of pyridine rings is 1. The Morgan fingerprint density at radius 1 is 1.27 bits per heavy atom. The van der Waals surface area contributed by atoms with E-state index in [0.29, 0.717) is 0 Å². The molecule has 0 radical (unpaired) electrons. The van der Waals surface area contributed by atoms with Crippen LogP contribution in [0.3, 0.4) is 0 Å². The van der Waals surface area contributed by atoms with Crippen LogP contribution in [0.1, 0.15) is 11.4 Å². The van der Waals surface area contributed by atoms with E-state index in [1.165, 1.54) is 0 Å². The molecule has 11 heavy (non-hydrogen) atoms. The van der Waals surface area contributed by atoms with Crippen LogP contribution in [0.4, 0.5) is 0 Å². The molecule has 3 nitrogen and oxygen atoms in total. The first-order valence-electron chi connectivity index (χ1n) is 3.56. The van der Waals surface area contributed by atoms with E-state index in [0.717, 1.165) is 22.4 Å². The maximum absolute atomic E-state index is 4.34. The van der Waals surface area contributed by atoms with Gasteiger partial charge in [0.2, 0.25) is 0 Å². The molecule has 0 unspecified atom stereocenters. The molecular formula is C8H9N3. The van der Waals surface area contributed by atoms with E-state index >= 15 is 0 Å². The molecule has 0 amide bonds. The smallest absolute Gasteiger partial charge is 0.111 e. The lowest BCUT2D eigenvalue weighted by Gasteiger charge is -1.90. The summed E-state index contributed by atoms with van der Waals surface area (Å²) in [5.74, 6) is 0. The van der Waals surface area contributed by atoms with Crippen molar-refractivity contribution in [3.8, 4) is 0 Å². The molecular weight excluding hydrogens is 138 g/mol. The number of hydrogen-bond acceptors (Lipinski definition) is 2. The van der Waals surface area contributed by atoms with Crippen molar-refractivity contribution in [3.63, 3.8) is 0 Å². The molecule has 0 fully saturated rings. The summed E-state index contributed by atoms with van der Waals surface area (Å²) in [5.41, 5.74) is 3.98. The summed E-state index contributed by atoms with van der Waals surface area (Å²) in [6.45, 7) is 3.93. The van der Waals surface area contributed by atoms with Crippen molar-refractivity contribution in [2.45, 2.75) is 13.8 Å². The second-order valence-electron chi connectivity index (χ2n) is 2.66. The highest BCUT2D eigenvalue weighted by Gasteiger charge is 2.00. The van der Waals surface area contributed by atoms with Crippen molar-refractivity contribution in [1.82, 2.24) is 15.2 Å². The van der Waals surface area contributed by atoms with E-state index < -0.39 is 0 Å². The van der Waals surface area contributed by atoms with Crippen molar-refractivity contribution in [3.05, 3.63) is 23.5 Å². The van der Waals surface area contributed by atoms with Crippen molar-refractivity contribution < 1.29 is 0 Å². The van der Waals surface area contributed by atoms with Gasteiger partial charge in [-0.1, -0.05) is 0 Å². The molecule has 2 aromatic heterocycles. The van der Waals surface area contributed by atoms with Crippen molar-refractivity contribution in [2.24, 2.45) is 0 Å². The summed E-state index contributed by atoms with van der Waals surface area (Å²) in [4.78, 5) is 4.34. The molecule has 0 spiro atoms. The lowest BCUT2D eigenvalue weighted by molar-refractivity contribution is 1.07. The highest BCUT2D eigenvalue weighted by molar-refractivity contribution is 5.76. The second-order valence-corrected chi connectivity index (χ2v) is 2.66. The lowest BCUT2D eigenvalue weighted by atomic mass is 10.3. The molecule has 3 heteroatoms. The number of aryl methyl sites for hydroxylation is 2. The van der Waals surface area contributed by atoms with Gasteiger partial charge in [0.25, 0.3) is 0 Å². The molecule has 1 N–H and O–H groups in total. The van der Waals surface area contributed by atoms with Gasteiger partial charge in [-0.05, 0) is 26.0 Å². The molecule has 0 aliphatic heterocycles. The topological polar surface area (TPSA) is 41.6 Å². The number of nitrogens with zero attached hydrogens (tertiary/aromatic N) is 2. The van der Waals surface area contributed by atoms with Gasteiger partial charge in [-0.15, -0.1) is 0 Å². The summed E-state index contributed by atoms with van der Waals surface area (Å²) in [7, 11) is 0. The fourth-order valence-electron chi connectivity index (χ4n) is 1.12. The molecule has 2 aromatic rings. The number of fused-ring (bicyclic) bond motifs is 1. The molecule has 0 aliphatic rings. The summed E-state index contributed by atoms with van der Waals surface area (Å²) < 4.78 is 0. The maximum Gasteiger partial charge on any atom is 0.111 e. The third kappa shape index (κ3) is 0.888. The van der Waals surface area contributed by atoms with Gasteiger partial charge < -0.3 is 0 Å². The molecule has 2 heterocycles. The van der Waals surface area contributed by atoms with Gasteiger partial charge in [-0.25, -0.2) is 4.98 Å². The number of aromatic nitrogens is 3. The van der Waals surface area contributed by atoms with Crippen molar-refractivity contribution in [2.75, 3.05) is 0 Å². The number of aromatic amines is 1.